The molecule has 0 amide bonds. The lowest BCUT2D eigenvalue weighted by molar-refractivity contribution is 0.0618. The fraction of sp³-hybridized carbons (Fsp3) is 1.00. The Morgan fingerprint density at radius 2 is 2.18 bits per heavy atom. The molecule has 3 unspecified atom stereocenters. The molecule has 1 rings (SSSR count). The summed E-state index contributed by atoms with van der Waals surface area (Å²) in [6.07, 6.45) is 4.08. The number of nitrogens with zero attached hydrogens (tertiary/aromatic N) is 1. The monoisotopic (exact) mass is 242 g/mol. The highest BCUT2D eigenvalue weighted by Gasteiger charge is 2.19. The summed E-state index contributed by atoms with van der Waals surface area (Å²) in [5.74, 6) is 0. The molecule has 0 spiro atoms. The van der Waals surface area contributed by atoms with Gasteiger partial charge in [0.25, 0.3) is 0 Å². The first-order chi connectivity index (χ1) is 8.13. The Labute approximate surface area is 107 Å². The van der Waals surface area contributed by atoms with E-state index in [9.17, 15) is 0 Å². The van der Waals surface area contributed by atoms with Crippen LogP contribution in [0.4, 0.5) is 0 Å². The normalized spacial score (nSPS) is 26.5. The van der Waals surface area contributed by atoms with E-state index < -0.39 is 0 Å². The van der Waals surface area contributed by atoms with Crippen molar-refractivity contribution in [1.82, 2.24) is 10.2 Å². The maximum atomic E-state index is 5.69. The number of hydrogen-bond acceptors (Lipinski definition) is 3. The molecule has 0 saturated carbocycles. The molecule has 0 aromatic heterocycles. The van der Waals surface area contributed by atoms with Crippen LogP contribution in [0.1, 0.15) is 47.0 Å². The van der Waals surface area contributed by atoms with Gasteiger partial charge in [0.2, 0.25) is 0 Å². The summed E-state index contributed by atoms with van der Waals surface area (Å²) in [7, 11) is 0. The van der Waals surface area contributed by atoms with Crippen LogP contribution in [0.5, 0.6) is 0 Å². The van der Waals surface area contributed by atoms with Gasteiger partial charge in [-0.05, 0) is 33.6 Å². The minimum atomic E-state index is 0.382. The summed E-state index contributed by atoms with van der Waals surface area (Å²) in [5, 5.41) is 3.63. The predicted octanol–water partition coefficient (Wildman–Crippen LogP) is 2.26. The van der Waals surface area contributed by atoms with Crippen LogP contribution in [0.3, 0.4) is 0 Å². The third-order valence-corrected chi connectivity index (χ3v) is 3.59. The molecule has 1 aliphatic rings. The molecule has 0 bridgehead atoms. The molecule has 3 heteroatoms. The Morgan fingerprint density at radius 3 is 2.88 bits per heavy atom. The van der Waals surface area contributed by atoms with Crippen LogP contribution in [-0.4, -0.2) is 49.3 Å². The first-order valence-corrected chi connectivity index (χ1v) is 7.22. The van der Waals surface area contributed by atoms with Gasteiger partial charge in [0.15, 0.2) is 0 Å². The van der Waals surface area contributed by atoms with Crippen LogP contribution >= 0.6 is 0 Å². The smallest absolute Gasteiger partial charge is 0.0674 e. The van der Waals surface area contributed by atoms with E-state index in [-0.39, 0.29) is 0 Å². The van der Waals surface area contributed by atoms with Crippen LogP contribution in [0, 0.1) is 0 Å². The van der Waals surface area contributed by atoms with Crippen molar-refractivity contribution in [1.29, 1.82) is 0 Å². The van der Waals surface area contributed by atoms with E-state index in [0.29, 0.717) is 18.2 Å². The van der Waals surface area contributed by atoms with Gasteiger partial charge < -0.3 is 10.1 Å². The van der Waals surface area contributed by atoms with Gasteiger partial charge in [-0.25, -0.2) is 0 Å². The van der Waals surface area contributed by atoms with Crippen molar-refractivity contribution in [3.8, 4) is 0 Å². The Hall–Kier alpha value is -0.120. The lowest BCUT2D eigenvalue weighted by Gasteiger charge is -2.30. The topological polar surface area (TPSA) is 24.5 Å². The summed E-state index contributed by atoms with van der Waals surface area (Å²) < 4.78 is 5.69. The van der Waals surface area contributed by atoms with Crippen LogP contribution < -0.4 is 5.32 Å². The minimum absolute atomic E-state index is 0.382. The summed E-state index contributed by atoms with van der Waals surface area (Å²) in [6, 6.07) is 1.25. The summed E-state index contributed by atoms with van der Waals surface area (Å²) in [5.41, 5.74) is 0. The maximum absolute atomic E-state index is 5.69. The second kappa shape index (κ2) is 8.06. The van der Waals surface area contributed by atoms with Crippen molar-refractivity contribution in [3.05, 3.63) is 0 Å². The SMILES string of the molecule is CCCC(C)NCC(C)N1CCCOC(C)C1. The average Bonchev–Trinajstić information content (AvgIpc) is 2.51. The summed E-state index contributed by atoms with van der Waals surface area (Å²) in [4.78, 5) is 2.56. The van der Waals surface area contributed by atoms with Gasteiger partial charge in [-0.15, -0.1) is 0 Å². The fourth-order valence-electron chi connectivity index (χ4n) is 2.46. The van der Waals surface area contributed by atoms with Gasteiger partial charge in [-0.1, -0.05) is 13.3 Å². The van der Waals surface area contributed by atoms with Crippen LogP contribution in [0.15, 0.2) is 0 Å². The van der Waals surface area contributed by atoms with Crippen molar-refractivity contribution in [2.24, 2.45) is 0 Å². The molecule has 1 N–H and O–H groups in total. The van der Waals surface area contributed by atoms with Gasteiger partial charge in [0, 0.05) is 38.3 Å². The van der Waals surface area contributed by atoms with Crippen molar-refractivity contribution >= 4 is 0 Å². The number of nitrogens with one attached hydrogen (secondary N) is 1. The van der Waals surface area contributed by atoms with Crippen LogP contribution in [0.25, 0.3) is 0 Å². The van der Waals surface area contributed by atoms with E-state index in [4.69, 9.17) is 4.74 Å². The first-order valence-electron chi connectivity index (χ1n) is 7.22. The number of hydrogen-bond donors (Lipinski definition) is 1. The van der Waals surface area contributed by atoms with Crippen molar-refractivity contribution < 1.29 is 4.74 Å². The molecule has 1 aliphatic heterocycles. The molecule has 1 fully saturated rings. The van der Waals surface area contributed by atoms with Crippen molar-refractivity contribution in [2.75, 3.05) is 26.2 Å². The lowest BCUT2D eigenvalue weighted by Crippen LogP contribution is -2.45. The fourth-order valence-corrected chi connectivity index (χ4v) is 2.46. The second-order valence-corrected chi connectivity index (χ2v) is 5.48. The molecular formula is C14H30N2O. The van der Waals surface area contributed by atoms with Crippen LogP contribution in [0.2, 0.25) is 0 Å². The molecule has 1 saturated heterocycles. The molecule has 3 atom stereocenters. The summed E-state index contributed by atoms with van der Waals surface area (Å²) >= 11 is 0. The van der Waals surface area contributed by atoms with Gasteiger partial charge in [0.05, 0.1) is 6.10 Å². The number of rotatable bonds is 6. The molecular weight excluding hydrogens is 212 g/mol. The Balaban J connectivity index is 2.27. The van der Waals surface area contributed by atoms with Crippen molar-refractivity contribution in [2.45, 2.75) is 65.1 Å². The van der Waals surface area contributed by atoms with E-state index in [1.54, 1.807) is 0 Å². The lowest BCUT2D eigenvalue weighted by atomic mass is 10.1. The third-order valence-electron chi connectivity index (χ3n) is 3.59. The molecule has 17 heavy (non-hydrogen) atoms. The zero-order chi connectivity index (χ0) is 12.7. The van der Waals surface area contributed by atoms with Crippen molar-refractivity contribution in [3.63, 3.8) is 0 Å². The highest BCUT2D eigenvalue weighted by atomic mass is 16.5. The Bertz CT molecular complexity index is 199. The van der Waals surface area contributed by atoms with E-state index in [1.807, 2.05) is 0 Å². The molecule has 0 aromatic carbocycles. The Morgan fingerprint density at radius 1 is 1.41 bits per heavy atom. The maximum Gasteiger partial charge on any atom is 0.0674 e. The van der Waals surface area contributed by atoms with E-state index in [1.165, 1.54) is 25.8 Å². The second-order valence-electron chi connectivity index (χ2n) is 5.48. The highest BCUT2D eigenvalue weighted by molar-refractivity contribution is 4.75. The standard InChI is InChI=1S/C14H30N2O/c1-5-7-12(2)15-10-13(3)16-8-6-9-17-14(4)11-16/h12-15H,5-11H2,1-4H3. The zero-order valence-electron chi connectivity index (χ0n) is 12.0. The minimum Gasteiger partial charge on any atom is -0.377 e. The van der Waals surface area contributed by atoms with Crippen LogP contribution in [-0.2, 0) is 4.74 Å². The van der Waals surface area contributed by atoms with E-state index >= 15 is 0 Å². The molecule has 0 aromatic rings. The largest absolute Gasteiger partial charge is 0.377 e. The van der Waals surface area contributed by atoms with E-state index in [2.05, 4.69) is 37.9 Å². The third kappa shape index (κ3) is 5.84. The van der Waals surface area contributed by atoms with Gasteiger partial charge >= 0.3 is 0 Å². The van der Waals surface area contributed by atoms with Gasteiger partial charge in [-0.3, -0.25) is 4.90 Å². The van der Waals surface area contributed by atoms with E-state index in [0.717, 1.165) is 19.7 Å². The molecule has 0 radical (unpaired) electrons. The average molecular weight is 242 g/mol. The quantitative estimate of drug-likeness (QED) is 0.773. The molecule has 1 heterocycles. The van der Waals surface area contributed by atoms with Gasteiger partial charge in [0.1, 0.15) is 0 Å². The van der Waals surface area contributed by atoms with Gasteiger partial charge in [-0.2, -0.15) is 0 Å². The number of ether oxygens (including phenoxy) is 1. The first kappa shape index (κ1) is 14.9. The summed E-state index contributed by atoms with van der Waals surface area (Å²) in [6.45, 7) is 13.3. The molecule has 0 aliphatic carbocycles. The predicted molar refractivity (Wildman–Crippen MR) is 73.4 cm³/mol. The Kier molecular flexibility index (Phi) is 7.09. The molecule has 3 nitrogen and oxygen atoms in total. The zero-order valence-corrected chi connectivity index (χ0v) is 12.0. The highest BCUT2D eigenvalue weighted by Crippen LogP contribution is 2.09. The molecule has 102 valence electrons.